The van der Waals surface area contributed by atoms with Crippen LogP contribution in [0.2, 0.25) is 0 Å². The quantitative estimate of drug-likeness (QED) is 0.370. The van der Waals surface area contributed by atoms with E-state index in [1.807, 2.05) is 0 Å². The molecule has 4 aliphatic rings. The number of rotatable bonds is 0. The van der Waals surface area contributed by atoms with E-state index in [0.717, 1.165) is 0 Å². The van der Waals surface area contributed by atoms with Crippen molar-refractivity contribution >= 4 is 11.6 Å². The normalized spacial score (nSPS) is 57.2. The molecule has 26 heavy (non-hydrogen) atoms. The minimum Gasteiger partial charge on any atom is -0.225 e. The Morgan fingerprint density at radius 2 is 0.462 bits per heavy atom. The van der Waals surface area contributed by atoms with Crippen LogP contribution in [0.4, 0.5) is 65.9 Å². The van der Waals surface area contributed by atoms with E-state index in [9.17, 15) is 65.9 Å². The molecule has 0 aromatic carbocycles. The molecule has 0 aliphatic heterocycles. The molecule has 4 aliphatic carbocycles. The van der Waals surface area contributed by atoms with Crippen molar-refractivity contribution in [3.8, 4) is 0 Å². The molecule has 0 aromatic rings. The van der Waals surface area contributed by atoms with Gasteiger partial charge in [-0.1, -0.05) is 11.6 Å². The summed E-state index contributed by atoms with van der Waals surface area (Å²) in [6.07, 6.45) is 0. The minimum atomic E-state index is -7.81. The van der Waals surface area contributed by atoms with E-state index in [0.29, 0.717) is 0 Å². The molecule has 0 radical (unpaired) electrons. The molecule has 0 aromatic heterocycles. The average Bonchev–Trinajstić information content (AvgIpc) is 2.46. The first-order chi connectivity index (χ1) is 11.0. The van der Waals surface area contributed by atoms with Gasteiger partial charge < -0.3 is 0 Å². The van der Waals surface area contributed by atoms with Crippen LogP contribution in [0, 0.1) is 0 Å². The molecule has 0 amide bonds. The zero-order valence-electron chi connectivity index (χ0n) is 11.0. The second kappa shape index (κ2) is 3.73. The fourth-order valence-electron chi connectivity index (χ4n) is 3.79. The maximum atomic E-state index is 14.3. The summed E-state index contributed by atoms with van der Waals surface area (Å²) in [4.78, 5) is 0. The van der Waals surface area contributed by atoms with Crippen LogP contribution in [0.1, 0.15) is 0 Å². The second-order valence-corrected chi connectivity index (χ2v) is 6.60. The molecule has 0 unspecified atom stereocenters. The molecule has 4 fully saturated rings. The van der Waals surface area contributed by atoms with Gasteiger partial charge in [-0.15, -0.1) is 0 Å². The van der Waals surface area contributed by atoms with Gasteiger partial charge in [0.1, 0.15) is 0 Å². The van der Waals surface area contributed by atoms with Gasteiger partial charge in [-0.25, -0.2) is 22.0 Å². The van der Waals surface area contributed by atoms with Crippen molar-refractivity contribution in [2.45, 2.75) is 57.4 Å². The largest absolute Gasteiger partial charge is 0.339 e. The van der Waals surface area contributed by atoms with Crippen molar-refractivity contribution in [1.29, 1.82) is 0 Å². The molecule has 4 bridgehead atoms. The highest BCUT2D eigenvalue weighted by Gasteiger charge is 3.22. The number of halogens is 16. The molecular formula is C10ClF15. The Morgan fingerprint density at radius 1 is 0.308 bits per heavy atom. The molecule has 0 heterocycles. The van der Waals surface area contributed by atoms with Crippen molar-refractivity contribution in [1.82, 2.24) is 0 Å². The summed E-state index contributed by atoms with van der Waals surface area (Å²) in [5, 5.41) is -6.94. The van der Waals surface area contributed by atoms with Crippen LogP contribution < -0.4 is 0 Å². The molecular weight excluding hydrogens is 441 g/mol. The molecule has 0 atom stereocenters. The van der Waals surface area contributed by atoms with Crippen molar-refractivity contribution in [2.75, 3.05) is 0 Å². The molecule has 0 spiro atoms. The summed E-state index contributed by atoms with van der Waals surface area (Å²) in [6.45, 7) is 0. The van der Waals surface area contributed by atoms with Crippen molar-refractivity contribution in [2.24, 2.45) is 0 Å². The summed E-state index contributed by atoms with van der Waals surface area (Å²) < 4.78 is 208. The lowest BCUT2D eigenvalue weighted by molar-refractivity contribution is -0.586. The Labute approximate surface area is 136 Å². The second-order valence-electron chi connectivity index (χ2n) is 6.08. The highest BCUT2D eigenvalue weighted by Crippen LogP contribution is 2.89. The number of alkyl halides is 16. The molecule has 4 saturated carbocycles. The Hall–Kier alpha value is -0.760. The fraction of sp³-hybridized carbons (Fsp3) is 1.00. The molecule has 152 valence electrons. The van der Waals surface area contributed by atoms with Gasteiger partial charge in [0.05, 0.1) is 0 Å². The lowest BCUT2D eigenvalue weighted by Crippen LogP contribution is -3.08. The highest BCUT2D eigenvalue weighted by molar-refractivity contribution is 6.25. The SMILES string of the molecule is FC1(F)C2(F)C(F)(F)C3(F)C(F)(F)C1(F)C(F)(F)C(F)(C2(F)F)C3(F)Cl. The van der Waals surface area contributed by atoms with Crippen LogP contribution in [-0.4, -0.2) is 57.4 Å². The van der Waals surface area contributed by atoms with E-state index in [1.165, 1.54) is 0 Å². The van der Waals surface area contributed by atoms with Crippen molar-refractivity contribution in [3.63, 3.8) is 0 Å². The van der Waals surface area contributed by atoms with Crippen molar-refractivity contribution in [3.05, 3.63) is 0 Å². The third kappa shape index (κ3) is 1.000. The van der Waals surface area contributed by atoms with E-state index in [-0.39, 0.29) is 0 Å². The maximum Gasteiger partial charge on any atom is 0.339 e. The topological polar surface area (TPSA) is 0 Å². The first kappa shape index (κ1) is 20.0. The summed E-state index contributed by atoms with van der Waals surface area (Å²) in [7, 11) is 0. The van der Waals surface area contributed by atoms with E-state index in [2.05, 4.69) is 11.6 Å². The van der Waals surface area contributed by atoms with Crippen LogP contribution >= 0.6 is 11.6 Å². The van der Waals surface area contributed by atoms with Crippen molar-refractivity contribution < 1.29 is 65.9 Å². The standard InChI is InChI=1S/C10ClF15/c11-5(16)1(12)6(17,18)3(14)8(21,22)2(5,13)9(23,24)4(15,7(1,19)20)10(3,25)26. The van der Waals surface area contributed by atoms with Gasteiger partial charge in [-0.2, -0.15) is 43.9 Å². The molecule has 0 nitrogen and oxygen atoms in total. The Balaban J connectivity index is 2.71. The van der Waals surface area contributed by atoms with Gasteiger partial charge >= 0.3 is 41.0 Å². The Bertz CT molecular complexity index is 512. The molecule has 0 saturated heterocycles. The zero-order valence-corrected chi connectivity index (χ0v) is 11.8. The van der Waals surface area contributed by atoms with Crippen LogP contribution in [0.25, 0.3) is 0 Å². The lowest BCUT2D eigenvalue weighted by Gasteiger charge is -2.73. The van der Waals surface area contributed by atoms with E-state index < -0.39 is 57.4 Å². The predicted molar refractivity (Wildman–Crippen MR) is 49.8 cm³/mol. The van der Waals surface area contributed by atoms with Crippen LogP contribution in [0.5, 0.6) is 0 Å². The van der Waals surface area contributed by atoms with Gasteiger partial charge in [0, 0.05) is 0 Å². The first-order valence-corrected chi connectivity index (χ1v) is 6.40. The summed E-state index contributed by atoms with van der Waals surface area (Å²) in [5.41, 5.74) is -30.1. The van der Waals surface area contributed by atoms with Gasteiger partial charge in [0.15, 0.2) is 0 Å². The number of hydrogen-bond acceptors (Lipinski definition) is 0. The fourth-order valence-corrected chi connectivity index (χ4v) is 4.26. The smallest absolute Gasteiger partial charge is 0.225 e. The molecule has 0 N–H and O–H groups in total. The summed E-state index contributed by atoms with van der Waals surface area (Å²) in [5.74, 6) is -38.5. The molecule has 4 rings (SSSR count). The number of hydrogen-bond donors (Lipinski definition) is 0. The van der Waals surface area contributed by atoms with Gasteiger partial charge in [0.25, 0.3) is 16.5 Å². The third-order valence-electron chi connectivity index (χ3n) is 5.19. The van der Waals surface area contributed by atoms with Gasteiger partial charge in [-0.05, 0) is 0 Å². The summed E-state index contributed by atoms with van der Waals surface area (Å²) in [6, 6.07) is 0. The average molecular weight is 441 g/mol. The monoisotopic (exact) mass is 440 g/mol. The third-order valence-corrected chi connectivity index (χ3v) is 5.71. The Morgan fingerprint density at radius 3 is 0.654 bits per heavy atom. The Kier molecular flexibility index (Phi) is 2.87. The lowest BCUT2D eigenvalue weighted by atomic mass is 9.41. The van der Waals surface area contributed by atoms with Crippen LogP contribution in [0.3, 0.4) is 0 Å². The molecule has 16 heteroatoms. The van der Waals surface area contributed by atoms with E-state index in [4.69, 9.17) is 0 Å². The first-order valence-electron chi connectivity index (χ1n) is 6.02. The predicted octanol–water partition coefficient (Wildman–Crippen LogP) is 4.94. The summed E-state index contributed by atoms with van der Waals surface area (Å²) >= 11 is 3.95. The van der Waals surface area contributed by atoms with E-state index in [1.54, 1.807) is 0 Å². The van der Waals surface area contributed by atoms with Crippen LogP contribution in [-0.2, 0) is 0 Å². The van der Waals surface area contributed by atoms with Gasteiger partial charge in [-0.3, -0.25) is 0 Å². The van der Waals surface area contributed by atoms with Gasteiger partial charge in [0.2, 0.25) is 0 Å². The van der Waals surface area contributed by atoms with E-state index >= 15 is 0 Å². The van der Waals surface area contributed by atoms with Crippen LogP contribution in [0.15, 0.2) is 0 Å². The minimum absolute atomic E-state index is 3.95. The maximum absolute atomic E-state index is 14.3. The zero-order chi connectivity index (χ0) is 21.0. The highest BCUT2D eigenvalue weighted by atomic mass is 35.5.